The standard InChI is InChI=1S/C51H54FN11O6/c1-28-20-39(21-29(2)45(28)52)63-46(61-17-16-60(50(61)67)38-7-8-40(36(23-38)26-53)54-37-10-14-58(27-37)32(5)64)44-31(4)59(15-11-41(44)56-63)47(65)43-24-35-22-34(33-12-18-68-19-13-33)6-9-42(35)62(43)51(25-30(51)3)48-55-49(66)69-57-48/h6-9,16-17,20-24,26,30-31,33,37,53-54H,10-15,18-19,25,27H2,1-5H3,(H,55,57,66)/t30-,31-,37-,51-/m0/s1. The van der Waals surface area contributed by atoms with Crippen molar-refractivity contribution in [2.24, 2.45) is 5.92 Å². The highest BCUT2D eigenvalue weighted by Gasteiger charge is 2.59. The summed E-state index contributed by atoms with van der Waals surface area (Å²) in [6.45, 7) is 11.9. The molecule has 69 heavy (non-hydrogen) atoms. The number of nitrogens with zero attached hydrogens (tertiary/aromatic N) is 8. The summed E-state index contributed by atoms with van der Waals surface area (Å²) in [5.74, 6) is -0.0989. The van der Waals surface area contributed by atoms with Crippen LogP contribution in [0.2, 0.25) is 0 Å². The Balaban J connectivity index is 1.01. The molecule has 7 heterocycles. The molecule has 0 spiro atoms. The summed E-state index contributed by atoms with van der Waals surface area (Å²) < 4.78 is 32.7. The first kappa shape index (κ1) is 44.2. The van der Waals surface area contributed by atoms with Gasteiger partial charge in [-0.2, -0.15) is 5.10 Å². The number of hydrogen-bond donors (Lipinski definition) is 3. The molecule has 4 aromatic heterocycles. The molecule has 3 fully saturated rings. The van der Waals surface area contributed by atoms with E-state index in [1.54, 1.807) is 60.9 Å². The highest BCUT2D eigenvalue weighted by molar-refractivity contribution is 6.00. The van der Waals surface area contributed by atoms with Gasteiger partial charge in [-0.15, -0.1) is 0 Å². The lowest BCUT2D eigenvalue weighted by Gasteiger charge is -2.34. The molecule has 1 aliphatic carbocycles. The zero-order valence-corrected chi connectivity index (χ0v) is 39.2. The third-order valence-electron chi connectivity index (χ3n) is 15.1. The number of aromatic amines is 1. The SMILES string of the molecule is CC(=O)N1CC[C@H](Nc2ccc(-n3ccn(-c4c5c(nn4-c4cc(C)c(F)c(C)c4)CCN(C(=O)c4cc6cc(C7CCOCC7)ccc6n4[C@@]4(c6noc(=O)[nH]6)C[C@@H]4C)[C@H]5C)c3=O)cc2C=N)C1. The Labute approximate surface area is 396 Å². The van der Waals surface area contributed by atoms with Crippen molar-refractivity contribution in [3.63, 3.8) is 0 Å². The van der Waals surface area contributed by atoms with Gasteiger partial charge in [0.05, 0.1) is 23.1 Å². The van der Waals surface area contributed by atoms with Crippen LogP contribution in [0.3, 0.4) is 0 Å². The number of carbonyl (C=O) groups excluding carboxylic acids is 2. The molecule has 4 aliphatic rings. The summed E-state index contributed by atoms with van der Waals surface area (Å²) in [5, 5.41) is 22.0. The molecule has 2 amide bonds. The quantitative estimate of drug-likeness (QED) is 0.126. The average Bonchev–Trinajstić information content (AvgIpc) is 4.02. The van der Waals surface area contributed by atoms with Crippen LogP contribution in [-0.2, 0) is 21.5 Å². The second-order valence-electron chi connectivity index (χ2n) is 19.3. The molecule has 17 nitrogen and oxygen atoms in total. The van der Waals surface area contributed by atoms with Gasteiger partial charge in [-0.05, 0) is 124 Å². The first-order valence-corrected chi connectivity index (χ1v) is 23.7. The van der Waals surface area contributed by atoms with Crippen LogP contribution >= 0.6 is 0 Å². The lowest BCUT2D eigenvalue weighted by atomic mass is 9.91. The number of ether oxygens (including phenoxy) is 1. The molecule has 1 saturated carbocycles. The van der Waals surface area contributed by atoms with Crippen LogP contribution in [0.1, 0.15) is 108 Å². The molecule has 0 bridgehead atoms. The van der Waals surface area contributed by atoms with Gasteiger partial charge in [0.2, 0.25) is 5.91 Å². The Kier molecular flexibility index (Phi) is 10.7. The van der Waals surface area contributed by atoms with E-state index in [0.717, 1.165) is 35.9 Å². The van der Waals surface area contributed by atoms with Gasteiger partial charge in [0.15, 0.2) is 5.82 Å². The molecule has 11 rings (SSSR count). The molecule has 18 heteroatoms. The number of nitrogens with one attached hydrogen (secondary N) is 3. The number of fused-ring (bicyclic) bond motifs is 2. The van der Waals surface area contributed by atoms with Crippen LogP contribution in [0, 0.1) is 31.0 Å². The predicted molar refractivity (Wildman–Crippen MR) is 256 cm³/mol. The first-order chi connectivity index (χ1) is 33.2. The average molecular weight is 936 g/mol. The molecule has 0 unspecified atom stereocenters. The van der Waals surface area contributed by atoms with Gasteiger partial charge >= 0.3 is 11.4 Å². The van der Waals surface area contributed by atoms with Gasteiger partial charge in [-0.3, -0.25) is 28.2 Å². The Bertz CT molecular complexity index is 3330. The number of likely N-dealkylation sites (tertiary alicyclic amines) is 1. The Morgan fingerprint density at radius 1 is 0.957 bits per heavy atom. The summed E-state index contributed by atoms with van der Waals surface area (Å²) in [6, 6.07) is 16.6. The summed E-state index contributed by atoms with van der Waals surface area (Å²) in [4.78, 5) is 61.3. The van der Waals surface area contributed by atoms with E-state index in [9.17, 15) is 14.4 Å². The highest BCUT2D eigenvalue weighted by atomic mass is 19.1. The largest absolute Gasteiger partial charge is 0.438 e. The number of halogens is 1. The van der Waals surface area contributed by atoms with Crippen molar-refractivity contribution in [1.82, 2.24) is 43.4 Å². The second-order valence-corrected chi connectivity index (χ2v) is 19.3. The minimum Gasteiger partial charge on any atom is -0.381 e. The van der Waals surface area contributed by atoms with Gasteiger partial charge in [0.1, 0.15) is 22.9 Å². The minimum absolute atomic E-state index is 0.0119. The summed E-state index contributed by atoms with van der Waals surface area (Å²) >= 11 is 0. The molecule has 3 aromatic carbocycles. The van der Waals surface area contributed by atoms with Crippen molar-refractivity contribution in [2.75, 3.05) is 38.2 Å². The molecular formula is C51H54FN11O6. The van der Waals surface area contributed by atoms with Gasteiger partial charge in [0.25, 0.3) is 5.91 Å². The van der Waals surface area contributed by atoms with Crippen LogP contribution < -0.4 is 16.8 Å². The van der Waals surface area contributed by atoms with Gasteiger partial charge in [0, 0.05) is 98.6 Å². The molecule has 7 aromatic rings. The van der Waals surface area contributed by atoms with E-state index in [4.69, 9.17) is 19.8 Å². The number of hydrogen-bond acceptors (Lipinski definition) is 10. The summed E-state index contributed by atoms with van der Waals surface area (Å²) in [7, 11) is 0. The van der Waals surface area contributed by atoms with Crippen molar-refractivity contribution >= 4 is 34.6 Å². The number of benzene rings is 3. The Hall–Kier alpha value is -7.34. The zero-order chi connectivity index (χ0) is 48.0. The van der Waals surface area contributed by atoms with E-state index in [1.807, 2.05) is 34.6 Å². The lowest BCUT2D eigenvalue weighted by Crippen LogP contribution is -2.41. The van der Waals surface area contributed by atoms with E-state index >= 15 is 9.18 Å². The monoisotopic (exact) mass is 935 g/mol. The molecular weight excluding hydrogens is 882 g/mol. The second kappa shape index (κ2) is 16.7. The van der Waals surface area contributed by atoms with Crippen molar-refractivity contribution in [2.45, 2.75) is 90.3 Å². The van der Waals surface area contributed by atoms with E-state index in [-0.39, 0.29) is 29.6 Å². The molecule has 356 valence electrons. The maximum Gasteiger partial charge on any atom is 0.438 e. The number of aryl methyl sites for hydroxylation is 2. The van der Waals surface area contributed by atoms with Crippen LogP contribution in [0.25, 0.3) is 28.1 Å². The maximum absolute atomic E-state index is 15.6. The Morgan fingerprint density at radius 3 is 2.39 bits per heavy atom. The van der Waals surface area contributed by atoms with Crippen molar-refractivity contribution < 1.29 is 23.2 Å². The Morgan fingerprint density at radius 2 is 1.71 bits per heavy atom. The minimum atomic E-state index is -0.840. The van der Waals surface area contributed by atoms with E-state index < -0.39 is 23.0 Å². The fourth-order valence-electron chi connectivity index (χ4n) is 11.3. The predicted octanol–water partition coefficient (Wildman–Crippen LogP) is 6.67. The van der Waals surface area contributed by atoms with Crippen molar-refractivity contribution in [1.29, 1.82) is 5.41 Å². The number of imidazole rings is 1. The zero-order valence-electron chi connectivity index (χ0n) is 39.2. The third-order valence-corrected chi connectivity index (χ3v) is 15.1. The molecule has 4 atom stereocenters. The smallest absolute Gasteiger partial charge is 0.381 e. The molecule has 0 radical (unpaired) electrons. The fourth-order valence-corrected chi connectivity index (χ4v) is 11.3. The van der Waals surface area contributed by atoms with E-state index in [2.05, 4.69) is 40.6 Å². The number of rotatable bonds is 10. The number of anilines is 1. The van der Waals surface area contributed by atoms with Crippen molar-refractivity contribution in [3.05, 3.63) is 139 Å². The lowest BCUT2D eigenvalue weighted by molar-refractivity contribution is -0.127. The molecule has 3 N–H and O–H groups in total. The number of H-pyrrole nitrogens is 1. The fraction of sp³-hybridized carbons (Fsp3) is 0.392. The summed E-state index contributed by atoms with van der Waals surface area (Å²) in [6.07, 6.45) is 8.16. The van der Waals surface area contributed by atoms with Crippen LogP contribution in [0.15, 0.2) is 81.1 Å². The highest BCUT2D eigenvalue weighted by Crippen LogP contribution is 2.56. The van der Waals surface area contributed by atoms with Crippen LogP contribution in [0.5, 0.6) is 0 Å². The summed E-state index contributed by atoms with van der Waals surface area (Å²) in [5.41, 5.74) is 5.79. The topological polar surface area (TPSA) is 194 Å². The molecule has 2 saturated heterocycles. The maximum atomic E-state index is 15.6. The number of carbonyl (C=O) groups is 2. The van der Waals surface area contributed by atoms with Gasteiger partial charge in [-0.1, -0.05) is 18.1 Å². The van der Waals surface area contributed by atoms with E-state index in [0.29, 0.717) is 108 Å². The van der Waals surface area contributed by atoms with E-state index in [1.165, 1.54) is 20.9 Å². The van der Waals surface area contributed by atoms with Crippen LogP contribution in [-0.4, -0.2) is 100 Å². The normalized spacial score (nSPS) is 21.5. The first-order valence-electron chi connectivity index (χ1n) is 23.7. The number of aromatic nitrogens is 7. The number of amides is 2. The molecule has 3 aliphatic heterocycles. The van der Waals surface area contributed by atoms with Crippen LogP contribution in [0.4, 0.5) is 10.1 Å². The van der Waals surface area contributed by atoms with Gasteiger partial charge < -0.3 is 29.8 Å². The third kappa shape index (κ3) is 7.25. The van der Waals surface area contributed by atoms with Crippen molar-refractivity contribution in [3.8, 4) is 17.2 Å². The van der Waals surface area contributed by atoms with Gasteiger partial charge in [-0.25, -0.2) is 18.7 Å².